The molecule has 1 saturated heterocycles. The molecule has 26 heavy (non-hydrogen) atoms. The lowest BCUT2D eigenvalue weighted by Crippen LogP contribution is -2.54. The fraction of sp³-hybridized carbons (Fsp3) is 0.632. The van der Waals surface area contributed by atoms with Crippen LogP contribution in [-0.4, -0.2) is 60.0 Å². The van der Waals surface area contributed by atoms with E-state index in [0.29, 0.717) is 0 Å². The van der Waals surface area contributed by atoms with Gasteiger partial charge in [-0.1, -0.05) is 13.8 Å². The first-order chi connectivity index (χ1) is 12.4. The highest BCUT2D eigenvalue weighted by molar-refractivity contribution is 7.18. The van der Waals surface area contributed by atoms with Crippen molar-refractivity contribution in [2.24, 2.45) is 5.92 Å². The van der Waals surface area contributed by atoms with E-state index in [1.807, 2.05) is 19.0 Å². The summed E-state index contributed by atoms with van der Waals surface area (Å²) in [5.41, 5.74) is 0. The normalized spacial score (nSPS) is 19.3. The highest BCUT2D eigenvalue weighted by Gasteiger charge is 2.29. The summed E-state index contributed by atoms with van der Waals surface area (Å²) in [6.07, 6.45) is 3.71. The van der Waals surface area contributed by atoms with Gasteiger partial charge in [0, 0.05) is 24.0 Å². The third-order valence-electron chi connectivity index (χ3n) is 4.96. The zero-order valence-corrected chi connectivity index (χ0v) is 17.1. The van der Waals surface area contributed by atoms with Gasteiger partial charge in [-0.05, 0) is 45.8 Å². The smallest absolute Gasteiger partial charge is 0.237 e. The fourth-order valence-electron chi connectivity index (χ4n) is 3.92. The molecule has 0 bridgehead atoms. The molecule has 6 nitrogen and oxygen atoms in total. The van der Waals surface area contributed by atoms with E-state index in [1.165, 1.54) is 4.88 Å². The molecule has 0 unspecified atom stereocenters. The van der Waals surface area contributed by atoms with Gasteiger partial charge in [0.15, 0.2) is 0 Å². The first kappa shape index (κ1) is 19.0. The van der Waals surface area contributed by atoms with Crippen molar-refractivity contribution in [1.29, 1.82) is 0 Å². The lowest BCUT2D eigenvalue weighted by Gasteiger charge is -2.36. The fourth-order valence-corrected chi connectivity index (χ4v) is 4.76. The van der Waals surface area contributed by atoms with Crippen LogP contribution in [0.15, 0.2) is 12.4 Å². The van der Waals surface area contributed by atoms with Crippen LogP contribution in [0.3, 0.4) is 0 Å². The van der Waals surface area contributed by atoms with Crippen molar-refractivity contribution in [2.75, 3.05) is 32.1 Å². The van der Waals surface area contributed by atoms with Gasteiger partial charge >= 0.3 is 0 Å². The highest BCUT2D eigenvalue weighted by atomic mass is 32.1. The number of thiophene rings is 1. The largest absolute Gasteiger partial charge is 0.354 e. The number of hydrogen-bond donors (Lipinski definition) is 1. The second kappa shape index (κ2) is 7.88. The van der Waals surface area contributed by atoms with Gasteiger partial charge < -0.3 is 10.2 Å². The Morgan fingerprint density at radius 1 is 1.38 bits per heavy atom. The second-order valence-corrected chi connectivity index (χ2v) is 8.95. The second-order valence-electron chi connectivity index (χ2n) is 7.72. The van der Waals surface area contributed by atoms with E-state index in [1.54, 1.807) is 17.7 Å². The van der Waals surface area contributed by atoms with Crippen LogP contribution in [-0.2, 0) is 4.79 Å². The van der Waals surface area contributed by atoms with Crippen molar-refractivity contribution < 1.29 is 4.79 Å². The van der Waals surface area contributed by atoms with Gasteiger partial charge in [-0.3, -0.25) is 9.69 Å². The number of carbonyl (C=O) groups excluding carboxylic acids is 1. The summed E-state index contributed by atoms with van der Waals surface area (Å²) in [7, 11) is 3.93. The van der Waals surface area contributed by atoms with E-state index >= 15 is 0 Å². The first-order valence-corrected chi connectivity index (χ1v) is 10.1. The van der Waals surface area contributed by atoms with Crippen LogP contribution in [0.25, 0.3) is 10.2 Å². The Balaban J connectivity index is 1.74. The first-order valence-electron chi connectivity index (χ1n) is 9.29. The number of nitrogens with one attached hydrogen (secondary N) is 1. The Kier molecular flexibility index (Phi) is 5.77. The van der Waals surface area contributed by atoms with Gasteiger partial charge in [-0.25, -0.2) is 9.97 Å². The molecule has 7 heteroatoms. The van der Waals surface area contributed by atoms with Gasteiger partial charge in [0.2, 0.25) is 5.91 Å². The predicted octanol–water partition coefficient (Wildman–Crippen LogP) is 2.67. The third-order valence-corrected chi connectivity index (χ3v) is 5.91. The number of piperidine rings is 1. The molecule has 3 heterocycles. The third kappa shape index (κ3) is 3.99. The standard InChI is InChI=1S/C19H29N5OS/c1-12(2)16(23(4)5)18(25)22-14-7-6-8-24(10-14)17-15-9-13(3)26-19(15)21-11-20-17/h9,11-12,14,16H,6-8,10H2,1-5H3,(H,22,25)/t14-,16+/m0/s1. The lowest BCUT2D eigenvalue weighted by molar-refractivity contribution is -0.127. The summed E-state index contributed by atoms with van der Waals surface area (Å²) in [5.74, 6) is 1.39. The van der Waals surface area contributed by atoms with Gasteiger partial charge in [0.25, 0.3) is 0 Å². The minimum absolute atomic E-state index is 0.101. The molecule has 142 valence electrons. The number of aromatic nitrogens is 2. The molecule has 0 aromatic carbocycles. The van der Waals surface area contributed by atoms with Crippen molar-refractivity contribution >= 4 is 33.3 Å². The molecule has 1 aliphatic heterocycles. The topological polar surface area (TPSA) is 61.4 Å². The molecule has 2 atom stereocenters. The molecule has 1 N–H and O–H groups in total. The molecular formula is C19H29N5OS. The molecule has 0 saturated carbocycles. The van der Waals surface area contributed by atoms with Gasteiger partial charge in [0.05, 0.1) is 11.4 Å². The van der Waals surface area contributed by atoms with Crippen LogP contribution in [0.2, 0.25) is 0 Å². The van der Waals surface area contributed by atoms with E-state index in [9.17, 15) is 4.79 Å². The minimum atomic E-state index is -0.101. The molecule has 3 rings (SSSR count). The summed E-state index contributed by atoms with van der Waals surface area (Å²) in [6.45, 7) is 8.05. The van der Waals surface area contributed by atoms with Crippen molar-refractivity contribution in [3.05, 3.63) is 17.3 Å². The van der Waals surface area contributed by atoms with Crippen LogP contribution in [0, 0.1) is 12.8 Å². The number of nitrogens with zero attached hydrogens (tertiary/aromatic N) is 4. The average molecular weight is 376 g/mol. The summed E-state index contributed by atoms with van der Waals surface area (Å²) < 4.78 is 0. The number of fused-ring (bicyclic) bond motifs is 1. The highest BCUT2D eigenvalue weighted by Crippen LogP contribution is 2.31. The number of amides is 1. The Bertz CT molecular complexity index is 764. The van der Waals surface area contributed by atoms with Crippen LogP contribution < -0.4 is 10.2 Å². The molecule has 0 aliphatic carbocycles. The Morgan fingerprint density at radius 2 is 2.15 bits per heavy atom. The van der Waals surface area contributed by atoms with Gasteiger partial charge in [-0.2, -0.15) is 0 Å². The van der Waals surface area contributed by atoms with E-state index < -0.39 is 0 Å². The van der Waals surface area contributed by atoms with Crippen molar-refractivity contribution in [2.45, 2.75) is 45.7 Å². The Hall–Kier alpha value is -1.73. The summed E-state index contributed by atoms with van der Waals surface area (Å²) >= 11 is 1.70. The molecule has 1 fully saturated rings. The van der Waals surface area contributed by atoms with Crippen LogP contribution in [0.1, 0.15) is 31.6 Å². The average Bonchev–Trinajstić information content (AvgIpc) is 2.94. The van der Waals surface area contributed by atoms with E-state index in [2.05, 4.69) is 47.0 Å². The van der Waals surface area contributed by atoms with Crippen molar-refractivity contribution in [3.8, 4) is 0 Å². The van der Waals surface area contributed by atoms with Gasteiger partial charge in [0.1, 0.15) is 17.0 Å². The lowest BCUT2D eigenvalue weighted by atomic mass is 10.0. The minimum Gasteiger partial charge on any atom is -0.354 e. The van der Waals surface area contributed by atoms with E-state index in [-0.39, 0.29) is 23.9 Å². The molecule has 0 spiro atoms. The van der Waals surface area contributed by atoms with Crippen molar-refractivity contribution in [1.82, 2.24) is 20.2 Å². The molecule has 1 amide bonds. The van der Waals surface area contributed by atoms with Crippen LogP contribution in [0.5, 0.6) is 0 Å². The van der Waals surface area contributed by atoms with Crippen molar-refractivity contribution in [3.63, 3.8) is 0 Å². The maximum Gasteiger partial charge on any atom is 0.237 e. The molecular weight excluding hydrogens is 346 g/mol. The molecule has 2 aromatic rings. The van der Waals surface area contributed by atoms with Gasteiger partial charge in [-0.15, -0.1) is 11.3 Å². The molecule has 0 radical (unpaired) electrons. The summed E-state index contributed by atoms with van der Waals surface area (Å²) in [5, 5.41) is 4.39. The zero-order chi connectivity index (χ0) is 18.8. The Morgan fingerprint density at radius 3 is 2.85 bits per heavy atom. The number of rotatable bonds is 5. The number of likely N-dealkylation sites (N-methyl/N-ethyl adjacent to an activating group) is 1. The molecule has 2 aromatic heterocycles. The van der Waals surface area contributed by atoms with E-state index in [0.717, 1.165) is 42.0 Å². The Labute approximate surface area is 159 Å². The summed E-state index contributed by atoms with van der Waals surface area (Å²) in [4.78, 5) is 28.3. The quantitative estimate of drug-likeness (QED) is 0.871. The number of aryl methyl sites for hydroxylation is 1. The maximum absolute atomic E-state index is 12.8. The number of anilines is 1. The zero-order valence-electron chi connectivity index (χ0n) is 16.3. The number of carbonyl (C=O) groups is 1. The maximum atomic E-state index is 12.8. The molecule has 1 aliphatic rings. The summed E-state index contributed by atoms with van der Waals surface area (Å²) in [6, 6.07) is 2.22. The monoisotopic (exact) mass is 375 g/mol. The van der Waals surface area contributed by atoms with Crippen LogP contribution >= 0.6 is 11.3 Å². The van der Waals surface area contributed by atoms with E-state index in [4.69, 9.17) is 0 Å². The van der Waals surface area contributed by atoms with Crippen LogP contribution in [0.4, 0.5) is 5.82 Å². The SMILES string of the molecule is Cc1cc2c(N3CCC[C@H](NC(=O)[C@@H](C(C)C)N(C)C)C3)ncnc2s1. The predicted molar refractivity (Wildman–Crippen MR) is 108 cm³/mol. The number of hydrogen-bond acceptors (Lipinski definition) is 6.